The van der Waals surface area contributed by atoms with Crippen LogP contribution in [-0.4, -0.2) is 140 Å². The molecule has 0 aliphatic carbocycles. The van der Waals surface area contributed by atoms with Gasteiger partial charge in [0.05, 0.1) is 32.0 Å². The third-order valence-electron chi connectivity index (χ3n) is 15.6. The van der Waals surface area contributed by atoms with Gasteiger partial charge in [0.25, 0.3) is 0 Å². The van der Waals surface area contributed by atoms with E-state index in [0.717, 1.165) is 70.6 Å². The molecule has 14 heteroatoms. The third-order valence-corrected chi connectivity index (χ3v) is 15.6. The number of hydrogen-bond acceptors (Lipinski definition) is 13. The quantitative estimate of drug-likeness (QED) is 0.0204. The highest BCUT2D eigenvalue weighted by atomic mass is 16.7. The van der Waals surface area contributed by atoms with Gasteiger partial charge < -0.3 is 65.1 Å². The van der Waals surface area contributed by atoms with Gasteiger partial charge in [0, 0.05) is 6.42 Å². The van der Waals surface area contributed by atoms with Crippen molar-refractivity contribution in [2.75, 3.05) is 19.8 Å². The van der Waals surface area contributed by atoms with Crippen molar-refractivity contribution in [3.05, 3.63) is 48.6 Å². The Hall–Kier alpha value is -2.05. The Labute approximate surface area is 473 Å². The highest BCUT2D eigenvalue weighted by Gasteiger charge is 2.51. The normalized spacial score (nSPS) is 24.8. The number of allylic oxidation sites excluding steroid dienone is 8. The maximum atomic E-state index is 13.1. The van der Waals surface area contributed by atoms with E-state index in [-0.39, 0.29) is 12.5 Å². The standard InChI is InChI=1S/C64H117NO13/c1-3-5-7-8-9-10-11-12-13-14-15-16-17-18-19-20-21-22-23-24-25-26-27-28-29-30-31-32-33-34-35-36-37-38-39-40-41-42-43-44-46-48-56(69)65-52(53(68)47-45-6-4-2)51-75-63-61(74)59(72)62(55(50-67)77-63)78-64-60(73)58(71)57(70)54(49-66)76-64/h5,7,9-10,12-13,15-16,52-55,57-64,66-68,70-74H,3-4,6,8,11,14,17-51H2,1-2H3,(H,65,69)/b7-5-,10-9-,13-12-,16-15-. The molecule has 456 valence electrons. The minimum atomic E-state index is -1.78. The van der Waals surface area contributed by atoms with Crippen LogP contribution in [0, 0.1) is 0 Å². The summed E-state index contributed by atoms with van der Waals surface area (Å²) in [5, 5.41) is 86.2. The second-order valence-corrected chi connectivity index (χ2v) is 22.5. The maximum absolute atomic E-state index is 13.1. The number of carbonyl (C=O) groups is 1. The van der Waals surface area contributed by atoms with Crippen LogP contribution in [0.5, 0.6) is 0 Å². The van der Waals surface area contributed by atoms with E-state index in [9.17, 15) is 45.6 Å². The number of nitrogens with one attached hydrogen (secondary N) is 1. The SMILES string of the molecule is CC/C=C\C/C=C\C/C=C\C/C=C\CCCCCCCCCCCCCCCCCCCCCCCCCCCCCCC(=O)NC(COC1OC(CO)C(OC2OC(CO)C(O)C(O)C2O)C(O)C1O)C(O)CCCCC. The van der Waals surface area contributed by atoms with Gasteiger partial charge in [-0.25, -0.2) is 0 Å². The van der Waals surface area contributed by atoms with Gasteiger partial charge in [-0.1, -0.05) is 249 Å². The highest BCUT2D eigenvalue weighted by molar-refractivity contribution is 5.76. The molecule has 12 unspecified atom stereocenters. The van der Waals surface area contributed by atoms with E-state index in [1.807, 2.05) is 0 Å². The van der Waals surface area contributed by atoms with Crippen molar-refractivity contribution in [3.8, 4) is 0 Å². The molecule has 0 saturated carbocycles. The van der Waals surface area contributed by atoms with E-state index in [0.29, 0.717) is 12.8 Å². The molecule has 0 bridgehead atoms. The molecular formula is C64H117NO13. The van der Waals surface area contributed by atoms with E-state index in [2.05, 4.69) is 67.8 Å². The van der Waals surface area contributed by atoms with Crippen molar-refractivity contribution in [1.82, 2.24) is 5.32 Å². The lowest BCUT2D eigenvalue weighted by Gasteiger charge is -2.46. The number of ether oxygens (including phenoxy) is 4. The van der Waals surface area contributed by atoms with Gasteiger partial charge in [-0.05, 0) is 51.4 Å². The zero-order valence-electron chi connectivity index (χ0n) is 49.2. The number of amides is 1. The monoisotopic (exact) mass is 1110 g/mol. The fourth-order valence-electron chi connectivity index (χ4n) is 10.5. The number of hydrogen-bond donors (Lipinski definition) is 9. The predicted octanol–water partition coefficient (Wildman–Crippen LogP) is 11.6. The van der Waals surface area contributed by atoms with Crippen LogP contribution < -0.4 is 5.32 Å². The number of carbonyl (C=O) groups excluding carboxylic acids is 1. The van der Waals surface area contributed by atoms with Crippen molar-refractivity contribution in [2.45, 2.75) is 331 Å². The van der Waals surface area contributed by atoms with Crippen LogP contribution in [0.4, 0.5) is 0 Å². The lowest BCUT2D eigenvalue weighted by molar-refractivity contribution is -0.359. The van der Waals surface area contributed by atoms with Gasteiger partial charge in [0.2, 0.25) is 5.91 Å². The van der Waals surface area contributed by atoms with Crippen LogP contribution in [0.15, 0.2) is 48.6 Å². The fraction of sp³-hybridized carbons (Fsp3) is 0.859. The van der Waals surface area contributed by atoms with Crippen molar-refractivity contribution in [2.24, 2.45) is 0 Å². The smallest absolute Gasteiger partial charge is 0.220 e. The van der Waals surface area contributed by atoms with Crippen LogP contribution in [0.3, 0.4) is 0 Å². The molecule has 2 saturated heterocycles. The molecule has 78 heavy (non-hydrogen) atoms. The summed E-state index contributed by atoms with van der Waals surface area (Å²) in [6.07, 6.45) is 47.2. The maximum Gasteiger partial charge on any atom is 0.220 e. The van der Waals surface area contributed by atoms with Crippen LogP contribution in [-0.2, 0) is 23.7 Å². The molecule has 1 amide bonds. The summed E-state index contributed by atoms with van der Waals surface area (Å²) in [7, 11) is 0. The number of rotatable bonds is 51. The molecule has 14 nitrogen and oxygen atoms in total. The Kier molecular flexibility index (Phi) is 45.8. The molecule has 2 aliphatic rings. The fourth-order valence-corrected chi connectivity index (χ4v) is 10.5. The van der Waals surface area contributed by atoms with Crippen LogP contribution in [0.1, 0.15) is 258 Å². The van der Waals surface area contributed by atoms with Crippen LogP contribution >= 0.6 is 0 Å². The second-order valence-electron chi connectivity index (χ2n) is 22.5. The summed E-state index contributed by atoms with van der Waals surface area (Å²) in [5.74, 6) is -0.215. The van der Waals surface area contributed by atoms with Gasteiger partial charge >= 0.3 is 0 Å². The summed E-state index contributed by atoms with van der Waals surface area (Å²) < 4.78 is 22.6. The Balaban J connectivity index is 1.41. The molecule has 0 aromatic carbocycles. The first-order chi connectivity index (χ1) is 38.1. The van der Waals surface area contributed by atoms with Crippen molar-refractivity contribution < 1.29 is 64.6 Å². The summed E-state index contributed by atoms with van der Waals surface area (Å²) in [5.41, 5.74) is 0. The van der Waals surface area contributed by atoms with E-state index >= 15 is 0 Å². The Morgan fingerprint density at radius 2 is 0.885 bits per heavy atom. The molecule has 0 aromatic rings. The summed E-state index contributed by atoms with van der Waals surface area (Å²) in [6.45, 7) is 2.57. The lowest BCUT2D eigenvalue weighted by atomic mass is 9.97. The Bertz CT molecular complexity index is 1490. The zero-order chi connectivity index (χ0) is 56.7. The minimum Gasteiger partial charge on any atom is -0.394 e. The molecule has 0 radical (unpaired) electrons. The van der Waals surface area contributed by atoms with Crippen LogP contribution in [0.2, 0.25) is 0 Å². The van der Waals surface area contributed by atoms with Crippen molar-refractivity contribution >= 4 is 5.91 Å². The first-order valence-corrected chi connectivity index (χ1v) is 31.9. The third kappa shape index (κ3) is 34.4. The molecule has 2 rings (SSSR count). The largest absolute Gasteiger partial charge is 0.394 e. The van der Waals surface area contributed by atoms with Gasteiger partial charge in [-0.2, -0.15) is 0 Å². The van der Waals surface area contributed by atoms with Gasteiger partial charge in [-0.15, -0.1) is 0 Å². The van der Waals surface area contributed by atoms with E-state index in [4.69, 9.17) is 18.9 Å². The molecule has 2 fully saturated rings. The highest BCUT2D eigenvalue weighted by Crippen LogP contribution is 2.30. The van der Waals surface area contributed by atoms with E-state index in [1.165, 1.54) is 161 Å². The lowest BCUT2D eigenvalue weighted by Crippen LogP contribution is -2.65. The molecule has 2 heterocycles. The summed E-state index contributed by atoms with van der Waals surface area (Å²) in [6, 6.07) is -0.822. The second kappa shape index (κ2) is 49.5. The summed E-state index contributed by atoms with van der Waals surface area (Å²) in [4.78, 5) is 13.1. The number of aliphatic hydroxyl groups excluding tert-OH is 8. The molecule has 12 atom stereocenters. The van der Waals surface area contributed by atoms with Gasteiger partial charge in [0.15, 0.2) is 12.6 Å². The first kappa shape index (κ1) is 72.1. The first-order valence-electron chi connectivity index (χ1n) is 31.9. The Morgan fingerprint density at radius 1 is 0.474 bits per heavy atom. The Morgan fingerprint density at radius 3 is 1.33 bits per heavy atom. The molecule has 0 spiro atoms. The predicted molar refractivity (Wildman–Crippen MR) is 314 cm³/mol. The number of unbranched alkanes of at least 4 members (excludes halogenated alkanes) is 30. The zero-order valence-corrected chi connectivity index (χ0v) is 49.2. The van der Waals surface area contributed by atoms with Gasteiger partial charge in [-0.3, -0.25) is 4.79 Å². The average Bonchev–Trinajstić information content (AvgIpc) is 3.44. The average molecular weight is 1110 g/mol. The summed E-state index contributed by atoms with van der Waals surface area (Å²) >= 11 is 0. The van der Waals surface area contributed by atoms with Gasteiger partial charge in [0.1, 0.15) is 48.8 Å². The van der Waals surface area contributed by atoms with E-state index in [1.54, 1.807) is 0 Å². The van der Waals surface area contributed by atoms with E-state index < -0.39 is 86.8 Å². The molecule has 9 N–H and O–H groups in total. The van der Waals surface area contributed by atoms with Crippen molar-refractivity contribution in [3.63, 3.8) is 0 Å². The molecular weight excluding hydrogens is 991 g/mol. The molecule has 2 aliphatic heterocycles. The number of aliphatic hydroxyl groups is 8. The minimum absolute atomic E-state index is 0.215. The van der Waals surface area contributed by atoms with Crippen LogP contribution in [0.25, 0.3) is 0 Å². The van der Waals surface area contributed by atoms with Crippen molar-refractivity contribution in [1.29, 1.82) is 0 Å². The molecule has 0 aromatic heterocycles. The topological polar surface area (TPSA) is 228 Å².